The lowest BCUT2D eigenvalue weighted by molar-refractivity contribution is -0.0611. The molecular weight excluding hydrogens is 246 g/mol. The third-order valence-corrected chi connectivity index (χ3v) is 5.68. The molecule has 0 aromatic carbocycles. The lowest BCUT2D eigenvalue weighted by atomic mass is 9.71. The Balaban J connectivity index is 1.79. The molecule has 4 nitrogen and oxygen atoms in total. The highest BCUT2D eigenvalue weighted by Gasteiger charge is 2.43. The van der Waals surface area contributed by atoms with Crippen molar-refractivity contribution in [3.63, 3.8) is 0 Å². The van der Waals surface area contributed by atoms with Crippen LogP contribution in [0.3, 0.4) is 0 Å². The number of anilines is 2. The zero-order valence-electron chi connectivity index (χ0n) is 10.9. The topological polar surface area (TPSA) is 62.4 Å². The van der Waals surface area contributed by atoms with Gasteiger partial charge in [-0.25, -0.2) is 0 Å². The lowest BCUT2D eigenvalue weighted by Gasteiger charge is -2.47. The molecule has 1 aromatic rings. The van der Waals surface area contributed by atoms with E-state index in [1.54, 1.807) is 0 Å². The molecule has 1 aromatic heterocycles. The monoisotopic (exact) mass is 267 g/mol. The van der Waals surface area contributed by atoms with E-state index in [1.807, 2.05) is 6.92 Å². The second-order valence-electron chi connectivity index (χ2n) is 5.74. The van der Waals surface area contributed by atoms with Crippen molar-refractivity contribution in [2.45, 2.75) is 44.6 Å². The van der Waals surface area contributed by atoms with Crippen LogP contribution in [0.25, 0.3) is 0 Å². The molecule has 0 bridgehead atoms. The van der Waals surface area contributed by atoms with E-state index in [9.17, 15) is 5.11 Å². The van der Waals surface area contributed by atoms with Crippen LogP contribution in [0.4, 0.5) is 10.8 Å². The highest BCUT2D eigenvalue weighted by atomic mass is 32.1. The number of nitrogens with zero attached hydrogens (tertiary/aromatic N) is 2. The highest BCUT2D eigenvalue weighted by molar-refractivity contribution is 7.10. The number of fused-ring (bicyclic) bond motifs is 1. The Labute approximate surface area is 112 Å². The molecule has 3 rings (SSSR count). The Kier molecular flexibility index (Phi) is 2.98. The van der Waals surface area contributed by atoms with Crippen LogP contribution in [0.5, 0.6) is 0 Å². The first kappa shape index (κ1) is 12.2. The normalized spacial score (nSPS) is 32.3. The molecule has 0 spiro atoms. The SMILES string of the molecule is Cc1c(N)nsc1N1CCC2(O)CCCCC2C1. The molecular formula is C13H21N3OS. The summed E-state index contributed by atoms with van der Waals surface area (Å²) in [5.74, 6) is 1.07. The average Bonchev–Trinajstić information content (AvgIpc) is 2.69. The molecule has 0 radical (unpaired) electrons. The number of nitrogen functional groups attached to an aromatic ring is 1. The summed E-state index contributed by atoms with van der Waals surface area (Å²) in [5, 5.41) is 11.9. The minimum atomic E-state index is -0.404. The van der Waals surface area contributed by atoms with Gasteiger partial charge in [0.05, 0.1) is 5.60 Å². The zero-order chi connectivity index (χ0) is 12.8. The average molecular weight is 267 g/mol. The van der Waals surface area contributed by atoms with Crippen LogP contribution >= 0.6 is 11.5 Å². The maximum Gasteiger partial charge on any atom is 0.142 e. The molecule has 3 N–H and O–H groups in total. The van der Waals surface area contributed by atoms with Gasteiger partial charge in [0.25, 0.3) is 0 Å². The molecule has 1 saturated carbocycles. The van der Waals surface area contributed by atoms with Gasteiger partial charge in [0.2, 0.25) is 0 Å². The van der Waals surface area contributed by atoms with Gasteiger partial charge in [-0.2, -0.15) is 4.37 Å². The maximum absolute atomic E-state index is 10.7. The van der Waals surface area contributed by atoms with Crippen LogP contribution in [-0.4, -0.2) is 28.2 Å². The number of piperidine rings is 1. The van der Waals surface area contributed by atoms with Crippen molar-refractivity contribution in [3.8, 4) is 0 Å². The summed E-state index contributed by atoms with van der Waals surface area (Å²) in [7, 11) is 0. The van der Waals surface area contributed by atoms with Crippen LogP contribution in [0.15, 0.2) is 0 Å². The van der Waals surface area contributed by atoms with E-state index >= 15 is 0 Å². The van der Waals surface area contributed by atoms with E-state index in [-0.39, 0.29) is 0 Å². The van der Waals surface area contributed by atoms with Gasteiger partial charge in [-0.3, -0.25) is 0 Å². The summed E-state index contributed by atoms with van der Waals surface area (Å²) >= 11 is 1.49. The first-order valence-electron chi connectivity index (χ1n) is 6.79. The number of aliphatic hydroxyl groups is 1. The molecule has 2 atom stereocenters. The fraction of sp³-hybridized carbons (Fsp3) is 0.769. The Morgan fingerprint density at radius 1 is 1.44 bits per heavy atom. The molecule has 2 unspecified atom stereocenters. The molecule has 18 heavy (non-hydrogen) atoms. The van der Waals surface area contributed by atoms with Gasteiger partial charge in [-0.1, -0.05) is 12.8 Å². The highest BCUT2D eigenvalue weighted by Crippen LogP contribution is 2.42. The standard InChI is InChI=1S/C13H21N3OS/c1-9-11(14)15-18-12(9)16-7-6-13(17)5-3-2-4-10(13)8-16/h10,17H,2-8H2,1H3,(H2,14,15). The maximum atomic E-state index is 10.7. The van der Waals surface area contributed by atoms with Gasteiger partial charge >= 0.3 is 0 Å². The Morgan fingerprint density at radius 2 is 2.28 bits per heavy atom. The molecule has 2 heterocycles. The number of rotatable bonds is 1. The molecule has 1 aliphatic carbocycles. The van der Waals surface area contributed by atoms with Gasteiger partial charge in [-0.15, -0.1) is 0 Å². The van der Waals surface area contributed by atoms with Gasteiger partial charge in [-0.05, 0) is 37.7 Å². The summed E-state index contributed by atoms with van der Waals surface area (Å²) in [6.45, 7) is 3.92. The lowest BCUT2D eigenvalue weighted by Crippen LogP contribution is -2.53. The minimum absolute atomic E-state index is 0.404. The fourth-order valence-corrected chi connectivity index (χ4v) is 4.23. The number of nitrogens with two attached hydrogens (primary N) is 1. The van der Waals surface area contributed by atoms with Gasteiger partial charge < -0.3 is 15.7 Å². The Bertz CT molecular complexity index is 447. The third-order valence-electron chi connectivity index (χ3n) is 4.65. The summed E-state index contributed by atoms with van der Waals surface area (Å²) < 4.78 is 4.23. The molecule has 5 heteroatoms. The van der Waals surface area contributed by atoms with Crippen LogP contribution in [0.1, 0.15) is 37.7 Å². The Hall–Kier alpha value is -0.810. The summed E-state index contributed by atoms with van der Waals surface area (Å²) in [4.78, 5) is 2.37. The number of hydrogen-bond donors (Lipinski definition) is 2. The summed E-state index contributed by atoms with van der Waals surface area (Å²) in [6, 6.07) is 0. The van der Waals surface area contributed by atoms with Gasteiger partial charge in [0.15, 0.2) is 0 Å². The number of hydrogen-bond acceptors (Lipinski definition) is 5. The van der Waals surface area contributed by atoms with E-state index in [2.05, 4.69) is 9.27 Å². The van der Waals surface area contributed by atoms with Crippen molar-refractivity contribution < 1.29 is 5.11 Å². The van der Waals surface area contributed by atoms with Crippen LogP contribution < -0.4 is 10.6 Å². The number of aromatic nitrogens is 1. The zero-order valence-corrected chi connectivity index (χ0v) is 11.7. The fourth-order valence-electron chi connectivity index (χ4n) is 3.39. The van der Waals surface area contributed by atoms with E-state index in [0.29, 0.717) is 11.7 Å². The van der Waals surface area contributed by atoms with E-state index < -0.39 is 5.60 Å². The van der Waals surface area contributed by atoms with Crippen molar-refractivity contribution >= 4 is 22.4 Å². The predicted molar refractivity (Wildman–Crippen MR) is 75.0 cm³/mol. The second kappa shape index (κ2) is 4.38. The first-order valence-corrected chi connectivity index (χ1v) is 7.56. The molecule has 2 fully saturated rings. The smallest absolute Gasteiger partial charge is 0.142 e. The van der Waals surface area contributed by atoms with Crippen LogP contribution in [-0.2, 0) is 0 Å². The molecule has 1 saturated heterocycles. The van der Waals surface area contributed by atoms with Gasteiger partial charge in [0.1, 0.15) is 10.8 Å². The molecule has 1 aliphatic heterocycles. The quantitative estimate of drug-likeness (QED) is 0.818. The van der Waals surface area contributed by atoms with Crippen molar-refractivity contribution in [3.05, 3.63) is 5.56 Å². The molecule has 2 aliphatic rings. The molecule has 100 valence electrons. The largest absolute Gasteiger partial charge is 0.389 e. The van der Waals surface area contributed by atoms with E-state index in [0.717, 1.165) is 37.9 Å². The predicted octanol–water partition coefficient (Wildman–Crippen LogP) is 2.17. The summed E-state index contributed by atoms with van der Waals surface area (Å²) in [5.41, 5.74) is 6.52. The van der Waals surface area contributed by atoms with Crippen molar-refractivity contribution in [2.24, 2.45) is 5.92 Å². The van der Waals surface area contributed by atoms with Crippen molar-refractivity contribution in [1.29, 1.82) is 0 Å². The third kappa shape index (κ3) is 1.89. The second-order valence-corrected chi connectivity index (χ2v) is 6.49. The molecule has 0 amide bonds. The van der Waals surface area contributed by atoms with Crippen LogP contribution in [0.2, 0.25) is 0 Å². The minimum Gasteiger partial charge on any atom is -0.389 e. The van der Waals surface area contributed by atoms with Crippen LogP contribution in [0, 0.1) is 12.8 Å². The Morgan fingerprint density at radius 3 is 3.00 bits per heavy atom. The van der Waals surface area contributed by atoms with E-state index in [1.165, 1.54) is 29.4 Å². The van der Waals surface area contributed by atoms with Crippen molar-refractivity contribution in [1.82, 2.24) is 4.37 Å². The van der Waals surface area contributed by atoms with Crippen molar-refractivity contribution in [2.75, 3.05) is 23.7 Å². The first-order chi connectivity index (χ1) is 8.60. The van der Waals surface area contributed by atoms with E-state index in [4.69, 9.17) is 5.73 Å². The summed E-state index contributed by atoms with van der Waals surface area (Å²) in [6.07, 6.45) is 5.45. The van der Waals surface area contributed by atoms with Gasteiger partial charge in [0, 0.05) is 24.6 Å².